The minimum Gasteiger partial charge on any atom is -0.485 e. The van der Waals surface area contributed by atoms with E-state index in [1.807, 2.05) is 0 Å². The van der Waals surface area contributed by atoms with E-state index in [4.69, 9.17) is 19.1 Å². The van der Waals surface area contributed by atoms with Gasteiger partial charge in [-0.3, -0.25) is 23.7 Å². The number of halogens is 4. The highest BCUT2D eigenvalue weighted by Crippen LogP contribution is 2.30. The van der Waals surface area contributed by atoms with Gasteiger partial charge in [0.2, 0.25) is 0 Å². The van der Waals surface area contributed by atoms with Gasteiger partial charge in [0.05, 0.1) is 20.2 Å². The predicted molar refractivity (Wildman–Crippen MR) is 141 cm³/mol. The van der Waals surface area contributed by atoms with Gasteiger partial charge in [-0.15, -0.1) is 0 Å². The number of hydrogen-bond acceptors (Lipinski definition) is 6. The Bertz CT molecular complexity index is 1890. The molecule has 0 unspecified atom stereocenters. The van der Waals surface area contributed by atoms with Crippen LogP contribution in [0.15, 0.2) is 64.6 Å². The molecule has 0 saturated carbocycles. The Morgan fingerprint density at radius 3 is 2.60 bits per heavy atom. The lowest BCUT2D eigenvalue weighted by molar-refractivity contribution is 0.0767. The number of hydrogen-bond donors (Lipinski definition) is 1. The van der Waals surface area contributed by atoms with Crippen molar-refractivity contribution in [3.05, 3.63) is 121 Å². The van der Waals surface area contributed by atoms with Crippen LogP contribution in [0.4, 0.5) is 13.2 Å². The monoisotopic (exact) mass is 572 g/mol. The van der Waals surface area contributed by atoms with Gasteiger partial charge in [-0.2, -0.15) is 0 Å². The number of aromatic nitrogens is 4. The van der Waals surface area contributed by atoms with Gasteiger partial charge in [-0.05, 0) is 32.4 Å². The van der Waals surface area contributed by atoms with Gasteiger partial charge >= 0.3 is 0 Å². The summed E-state index contributed by atoms with van der Waals surface area (Å²) in [6, 6.07) is 4.48. The van der Waals surface area contributed by atoms with E-state index >= 15 is 4.39 Å². The third kappa shape index (κ3) is 4.93. The topological polar surface area (TPSA) is 99.2 Å². The first-order valence-corrected chi connectivity index (χ1v) is 12.3. The molecule has 0 radical (unpaired) electrons. The molecule has 1 aliphatic rings. The maximum absolute atomic E-state index is 16.3. The first-order chi connectivity index (χ1) is 19.7. The Kier molecular flexibility index (Phi) is 6.45. The van der Waals surface area contributed by atoms with Gasteiger partial charge in [0.25, 0.3) is 11.1 Å². The maximum Gasteiger partial charge on any atom is 0.278 e. The van der Waals surface area contributed by atoms with Crippen molar-refractivity contribution < 1.29 is 25.8 Å². The predicted octanol–water partition coefficient (Wildman–Crippen LogP) is 4.31. The van der Waals surface area contributed by atoms with E-state index in [2.05, 4.69) is 9.97 Å². The summed E-state index contributed by atoms with van der Waals surface area (Å²) in [4.78, 5) is 34.3. The van der Waals surface area contributed by atoms with Crippen LogP contribution in [0.1, 0.15) is 39.1 Å². The second kappa shape index (κ2) is 10.4. The number of nitrogens with zero attached hydrogens (tertiary/aromatic N) is 4. The van der Waals surface area contributed by atoms with Gasteiger partial charge in [0, 0.05) is 47.8 Å². The van der Waals surface area contributed by atoms with Crippen molar-refractivity contribution in [2.24, 2.45) is 0 Å². The van der Waals surface area contributed by atoms with Crippen LogP contribution in [0, 0.1) is 17.5 Å². The molecular weight excluding hydrogens is 549 g/mol. The molecule has 0 aliphatic carbocycles. The quantitative estimate of drug-likeness (QED) is 0.358. The number of rotatable bonds is 5. The fraction of sp³-hybridized carbons (Fsp3) is 0.214. The summed E-state index contributed by atoms with van der Waals surface area (Å²) < 4.78 is 67.5. The zero-order chi connectivity index (χ0) is 30.6. The van der Waals surface area contributed by atoms with Gasteiger partial charge in [-0.25, -0.2) is 18.2 Å². The molecule has 0 aromatic carbocycles. The summed E-state index contributed by atoms with van der Waals surface area (Å²) in [6.45, 7) is -0.159. The molecule has 12 heteroatoms. The average molecular weight is 573 g/mol. The lowest BCUT2D eigenvalue weighted by Gasteiger charge is -2.22. The Balaban J connectivity index is 1.69. The fourth-order valence-electron chi connectivity index (χ4n) is 4.28. The lowest BCUT2D eigenvalue weighted by Crippen LogP contribution is -2.32. The van der Waals surface area contributed by atoms with E-state index < -0.39 is 63.0 Å². The summed E-state index contributed by atoms with van der Waals surface area (Å²) in [7, 11) is 0. The standard InChI is InChI=1S/C28H22ClF3N4O4/c1-28(2,39)18-8-5-9-35(26(18)37)25-23(32)24-15(12-34-25)6-3-4-7-17-11-21(22(29)27(38)36(17)24)40-14-20-19(31)10-16(30)13-33-20/h3-5,8-13,39H,6-7,14H2,1-2H3/b4-3-/i14D2. The van der Waals surface area contributed by atoms with E-state index in [9.17, 15) is 23.5 Å². The van der Waals surface area contributed by atoms with Gasteiger partial charge in [0.1, 0.15) is 28.8 Å². The van der Waals surface area contributed by atoms with Crippen LogP contribution < -0.4 is 15.9 Å². The summed E-state index contributed by atoms with van der Waals surface area (Å²) >= 11 is 6.32. The van der Waals surface area contributed by atoms with Crippen LogP contribution in [0.25, 0.3) is 11.5 Å². The third-order valence-electron chi connectivity index (χ3n) is 6.20. The minimum absolute atomic E-state index is 0.00960. The molecule has 0 bridgehead atoms. The van der Waals surface area contributed by atoms with E-state index in [0.717, 1.165) is 9.13 Å². The van der Waals surface area contributed by atoms with Crippen LogP contribution in [0.2, 0.25) is 5.02 Å². The zero-order valence-electron chi connectivity index (χ0n) is 23.1. The first-order valence-electron chi connectivity index (χ1n) is 12.9. The number of ether oxygens (including phenoxy) is 1. The molecule has 5 rings (SSSR count). The summed E-state index contributed by atoms with van der Waals surface area (Å²) in [6.07, 6.45) is 6.82. The SMILES string of the molecule is [2H]C([2H])(Oc1cc2n(c(=O)c1Cl)-c1c(cnc(-n3cccc(C(C)(C)O)c3=O)c1F)C/C=C\C2)c1ncc(F)cc1F. The molecule has 1 N–H and O–H groups in total. The van der Waals surface area contributed by atoms with Crippen molar-refractivity contribution in [2.75, 3.05) is 0 Å². The largest absolute Gasteiger partial charge is 0.485 e. The fourth-order valence-corrected chi connectivity index (χ4v) is 4.46. The van der Waals surface area contributed by atoms with Crippen molar-refractivity contribution in [2.45, 2.75) is 38.8 Å². The van der Waals surface area contributed by atoms with E-state index in [1.54, 1.807) is 12.2 Å². The molecule has 0 atom stereocenters. The number of allylic oxidation sites excluding steroid dienone is 2. The normalized spacial score (nSPS) is 14.8. The molecule has 206 valence electrons. The molecule has 4 aromatic rings. The van der Waals surface area contributed by atoms with Gasteiger partial charge < -0.3 is 9.84 Å². The zero-order valence-corrected chi connectivity index (χ0v) is 21.8. The van der Waals surface area contributed by atoms with E-state index in [0.29, 0.717) is 12.3 Å². The first kappa shape index (κ1) is 24.8. The van der Waals surface area contributed by atoms with Crippen molar-refractivity contribution in [3.63, 3.8) is 0 Å². The Labute approximate surface area is 233 Å². The van der Waals surface area contributed by atoms with Crippen LogP contribution in [0.3, 0.4) is 0 Å². The van der Waals surface area contributed by atoms with Crippen LogP contribution >= 0.6 is 11.6 Å². The van der Waals surface area contributed by atoms with E-state index in [-0.39, 0.29) is 35.3 Å². The van der Waals surface area contributed by atoms with Crippen molar-refractivity contribution in [1.29, 1.82) is 0 Å². The molecule has 0 spiro atoms. The Hall–Kier alpha value is -4.22. The van der Waals surface area contributed by atoms with Crippen LogP contribution in [-0.4, -0.2) is 24.2 Å². The van der Waals surface area contributed by atoms with Crippen molar-refractivity contribution >= 4 is 11.6 Å². The number of aliphatic hydroxyl groups is 1. The molecule has 4 aromatic heterocycles. The summed E-state index contributed by atoms with van der Waals surface area (Å²) in [5.41, 5.74) is -3.98. The molecule has 40 heavy (non-hydrogen) atoms. The number of fused-ring (bicyclic) bond motifs is 3. The molecule has 0 saturated heterocycles. The summed E-state index contributed by atoms with van der Waals surface area (Å²) in [5, 5.41) is 9.75. The molecule has 1 aliphatic heterocycles. The molecule has 0 fully saturated rings. The second-order valence-corrected chi connectivity index (χ2v) is 9.83. The molecule has 0 amide bonds. The van der Waals surface area contributed by atoms with Crippen LogP contribution in [0.5, 0.6) is 5.75 Å². The molecule has 5 heterocycles. The number of pyridine rings is 4. The smallest absolute Gasteiger partial charge is 0.278 e. The Morgan fingerprint density at radius 1 is 1.12 bits per heavy atom. The summed E-state index contributed by atoms with van der Waals surface area (Å²) in [5.74, 6) is -4.29. The highest BCUT2D eigenvalue weighted by atomic mass is 35.5. The van der Waals surface area contributed by atoms with Gasteiger partial charge in [-0.1, -0.05) is 23.8 Å². The maximum atomic E-state index is 16.3. The highest BCUT2D eigenvalue weighted by Gasteiger charge is 2.27. The third-order valence-corrected chi connectivity index (χ3v) is 6.55. The highest BCUT2D eigenvalue weighted by molar-refractivity contribution is 6.31. The molecular formula is C28H22ClF3N4O4. The average Bonchev–Trinajstić information content (AvgIpc) is 2.88. The van der Waals surface area contributed by atoms with Crippen molar-refractivity contribution in [3.8, 4) is 17.3 Å². The van der Waals surface area contributed by atoms with E-state index in [1.165, 1.54) is 44.4 Å². The molecule has 8 nitrogen and oxygen atoms in total. The minimum atomic E-state index is -2.98. The Morgan fingerprint density at radius 2 is 1.88 bits per heavy atom. The van der Waals surface area contributed by atoms with Crippen molar-refractivity contribution in [1.82, 2.24) is 19.1 Å². The second-order valence-electron chi connectivity index (χ2n) is 9.45. The van der Waals surface area contributed by atoms with Crippen LogP contribution in [-0.2, 0) is 25.0 Å². The lowest BCUT2D eigenvalue weighted by atomic mass is 10.0. The van der Waals surface area contributed by atoms with Gasteiger partial charge in [0.15, 0.2) is 17.5 Å².